The zero-order valence-corrected chi connectivity index (χ0v) is 17.9. The van der Waals surface area contributed by atoms with Crippen LogP contribution in [0.2, 0.25) is 0 Å². The fraction of sp³-hybridized carbons (Fsp3) is 0.636. The second-order valence-electron chi connectivity index (χ2n) is 7.72. The van der Waals surface area contributed by atoms with Gasteiger partial charge in [0.15, 0.2) is 17.5 Å². The minimum Gasteiger partial charge on any atom is -0.493 e. The molecule has 1 aromatic rings. The Bertz CT molecular complexity index is 716. The highest BCUT2D eigenvalue weighted by atomic mass is 16.5. The van der Waals surface area contributed by atoms with Crippen molar-refractivity contribution in [3.8, 4) is 11.5 Å². The Morgan fingerprint density at radius 3 is 2.76 bits per heavy atom. The van der Waals surface area contributed by atoms with Gasteiger partial charge >= 0.3 is 0 Å². The first kappa shape index (κ1) is 21.3. The summed E-state index contributed by atoms with van der Waals surface area (Å²) in [5.74, 6) is 2.53. The number of para-hydroxylation sites is 1. The Morgan fingerprint density at radius 2 is 2.07 bits per heavy atom. The summed E-state index contributed by atoms with van der Waals surface area (Å²) >= 11 is 0. The van der Waals surface area contributed by atoms with E-state index in [4.69, 9.17) is 9.47 Å². The average molecular weight is 403 g/mol. The van der Waals surface area contributed by atoms with Crippen LogP contribution in [0.5, 0.6) is 11.5 Å². The van der Waals surface area contributed by atoms with Crippen molar-refractivity contribution in [3.63, 3.8) is 0 Å². The number of hydrogen-bond donors (Lipinski definition) is 2. The highest BCUT2D eigenvalue weighted by molar-refractivity contribution is 5.80. The number of likely N-dealkylation sites (tertiary alicyclic amines) is 1. The molecule has 2 fully saturated rings. The summed E-state index contributed by atoms with van der Waals surface area (Å²) in [6.07, 6.45) is 6.40. The van der Waals surface area contributed by atoms with Gasteiger partial charge in [-0.1, -0.05) is 19.1 Å². The largest absolute Gasteiger partial charge is 0.493 e. The standard InChI is InChI=1S/C22H34N4O3/c1-4-20(27)26-13-12-17(15-26)25-22(23-2)24-14-16-8-7-11-19(28-3)21(16)29-18-9-5-6-10-18/h7-8,11,17-18H,4-6,9-10,12-15H2,1-3H3,(H2,23,24,25). The first-order valence-corrected chi connectivity index (χ1v) is 10.7. The average Bonchev–Trinajstić information content (AvgIpc) is 3.43. The van der Waals surface area contributed by atoms with E-state index in [1.54, 1.807) is 14.2 Å². The molecule has 1 saturated heterocycles. The topological polar surface area (TPSA) is 75.2 Å². The second kappa shape index (κ2) is 10.4. The van der Waals surface area contributed by atoms with E-state index in [1.165, 1.54) is 12.8 Å². The number of carbonyl (C=O) groups is 1. The zero-order chi connectivity index (χ0) is 20.6. The van der Waals surface area contributed by atoms with Crippen LogP contribution in [-0.4, -0.2) is 56.2 Å². The molecule has 29 heavy (non-hydrogen) atoms. The first-order valence-electron chi connectivity index (χ1n) is 10.7. The van der Waals surface area contributed by atoms with E-state index in [9.17, 15) is 4.79 Å². The predicted octanol–water partition coefficient (Wildman–Crippen LogP) is 2.69. The molecule has 2 aliphatic rings. The maximum atomic E-state index is 11.9. The SMILES string of the molecule is CCC(=O)N1CCC(NC(=NC)NCc2cccc(OC)c2OC2CCCC2)C1. The number of rotatable bonds is 7. The lowest BCUT2D eigenvalue weighted by Crippen LogP contribution is -2.44. The third-order valence-corrected chi connectivity index (χ3v) is 5.72. The van der Waals surface area contributed by atoms with Crippen molar-refractivity contribution in [1.29, 1.82) is 0 Å². The van der Waals surface area contributed by atoms with Crippen LogP contribution in [0, 0.1) is 0 Å². The predicted molar refractivity (Wildman–Crippen MR) is 114 cm³/mol. The molecule has 1 aliphatic carbocycles. The lowest BCUT2D eigenvalue weighted by molar-refractivity contribution is -0.129. The van der Waals surface area contributed by atoms with Gasteiger partial charge in [-0.2, -0.15) is 0 Å². The second-order valence-corrected chi connectivity index (χ2v) is 7.72. The summed E-state index contributed by atoms with van der Waals surface area (Å²) < 4.78 is 11.9. The van der Waals surface area contributed by atoms with Crippen LogP contribution in [0.15, 0.2) is 23.2 Å². The molecule has 1 saturated carbocycles. The van der Waals surface area contributed by atoms with Crippen molar-refractivity contribution in [1.82, 2.24) is 15.5 Å². The smallest absolute Gasteiger partial charge is 0.222 e. The van der Waals surface area contributed by atoms with Crippen LogP contribution >= 0.6 is 0 Å². The number of ether oxygens (including phenoxy) is 2. The van der Waals surface area contributed by atoms with E-state index in [-0.39, 0.29) is 18.1 Å². The minimum absolute atomic E-state index is 0.210. The Kier molecular flexibility index (Phi) is 7.61. The summed E-state index contributed by atoms with van der Waals surface area (Å²) in [4.78, 5) is 18.2. The molecular formula is C22H34N4O3. The number of nitrogens with one attached hydrogen (secondary N) is 2. The van der Waals surface area contributed by atoms with Gasteiger partial charge in [0, 0.05) is 44.7 Å². The molecule has 1 unspecified atom stereocenters. The lowest BCUT2D eigenvalue weighted by atomic mass is 10.1. The summed E-state index contributed by atoms with van der Waals surface area (Å²) in [6.45, 7) is 4.02. The van der Waals surface area contributed by atoms with Crippen molar-refractivity contribution >= 4 is 11.9 Å². The summed E-state index contributed by atoms with van der Waals surface area (Å²) in [5.41, 5.74) is 1.05. The van der Waals surface area contributed by atoms with E-state index < -0.39 is 0 Å². The molecule has 1 aromatic carbocycles. The first-order chi connectivity index (χ1) is 14.1. The number of nitrogens with zero attached hydrogens (tertiary/aromatic N) is 2. The number of amides is 1. The van der Waals surface area contributed by atoms with E-state index in [0.29, 0.717) is 13.0 Å². The molecule has 1 aliphatic heterocycles. The van der Waals surface area contributed by atoms with Crippen LogP contribution in [0.4, 0.5) is 0 Å². The molecule has 1 atom stereocenters. The van der Waals surface area contributed by atoms with Gasteiger partial charge in [0.25, 0.3) is 0 Å². The third-order valence-electron chi connectivity index (χ3n) is 5.72. The molecule has 7 heteroatoms. The molecule has 1 heterocycles. The highest BCUT2D eigenvalue weighted by Crippen LogP contribution is 2.34. The molecule has 3 rings (SSSR count). The minimum atomic E-state index is 0.210. The summed E-state index contributed by atoms with van der Waals surface area (Å²) in [6, 6.07) is 6.21. The molecule has 0 spiro atoms. The number of methoxy groups -OCH3 is 1. The monoisotopic (exact) mass is 402 g/mol. The maximum Gasteiger partial charge on any atom is 0.222 e. The fourth-order valence-electron chi connectivity index (χ4n) is 4.06. The fourth-order valence-corrected chi connectivity index (χ4v) is 4.06. The van der Waals surface area contributed by atoms with Gasteiger partial charge in [0.2, 0.25) is 5.91 Å². The molecule has 0 radical (unpaired) electrons. The Labute approximate surface area is 173 Å². The maximum absolute atomic E-state index is 11.9. The Morgan fingerprint density at radius 1 is 1.28 bits per heavy atom. The van der Waals surface area contributed by atoms with E-state index in [0.717, 1.165) is 55.4 Å². The van der Waals surface area contributed by atoms with Crippen molar-refractivity contribution in [2.24, 2.45) is 4.99 Å². The van der Waals surface area contributed by atoms with Gasteiger partial charge in [0.1, 0.15) is 0 Å². The van der Waals surface area contributed by atoms with Gasteiger partial charge in [-0.05, 0) is 38.2 Å². The van der Waals surface area contributed by atoms with Gasteiger partial charge in [-0.25, -0.2) is 0 Å². The van der Waals surface area contributed by atoms with Crippen LogP contribution in [0.1, 0.15) is 51.0 Å². The lowest BCUT2D eigenvalue weighted by Gasteiger charge is -2.21. The number of guanidine groups is 1. The molecule has 0 aromatic heterocycles. The Hall–Kier alpha value is -2.44. The number of carbonyl (C=O) groups excluding carboxylic acids is 1. The van der Waals surface area contributed by atoms with Gasteiger partial charge in [0.05, 0.1) is 13.2 Å². The molecule has 160 valence electrons. The summed E-state index contributed by atoms with van der Waals surface area (Å²) in [7, 11) is 3.44. The normalized spacial score (nSPS) is 20.0. The van der Waals surface area contributed by atoms with Crippen molar-refractivity contribution in [2.75, 3.05) is 27.2 Å². The van der Waals surface area contributed by atoms with Crippen molar-refractivity contribution < 1.29 is 14.3 Å². The van der Waals surface area contributed by atoms with Crippen molar-refractivity contribution in [3.05, 3.63) is 23.8 Å². The van der Waals surface area contributed by atoms with Crippen LogP contribution < -0.4 is 20.1 Å². The molecule has 7 nitrogen and oxygen atoms in total. The zero-order valence-electron chi connectivity index (χ0n) is 17.9. The Balaban J connectivity index is 1.60. The number of hydrogen-bond acceptors (Lipinski definition) is 4. The molecule has 1 amide bonds. The van der Waals surface area contributed by atoms with Crippen LogP contribution in [0.3, 0.4) is 0 Å². The van der Waals surface area contributed by atoms with E-state index in [2.05, 4.69) is 21.7 Å². The highest BCUT2D eigenvalue weighted by Gasteiger charge is 2.26. The van der Waals surface area contributed by atoms with Crippen LogP contribution in [-0.2, 0) is 11.3 Å². The van der Waals surface area contributed by atoms with E-state index in [1.807, 2.05) is 24.0 Å². The van der Waals surface area contributed by atoms with E-state index >= 15 is 0 Å². The molecular weight excluding hydrogens is 368 g/mol. The van der Waals surface area contributed by atoms with Gasteiger partial charge in [-0.15, -0.1) is 0 Å². The quantitative estimate of drug-likeness (QED) is 0.542. The third kappa shape index (κ3) is 5.55. The van der Waals surface area contributed by atoms with Crippen LogP contribution in [0.25, 0.3) is 0 Å². The molecule has 2 N–H and O–H groups in total. The number of benzene rings is 1. The van der Waals surface area contributed by atoms with Crippen molar-refractivity contribution in [2.45, 2.75) is 64.1 Å². The van der Waals surface area contributed by atoms with Gasteiger partial charge in [-0.3, -0.25) is 9.79 Å². The molecule has 0 bridgehead atoms. The summed E-state index contributed by atoms with van der Waals surface area (Å²) in [5, 5.41) is 6.83. The number of aliphatic imine (C=N–C) groups is 1. The van der Waals surface area contributed by atoms with Gasteiger partial charge < -0.3 is 25.0 Å².